The van der Waals surface area contributed by atoms with Gasteiger partial charge in [-0.25, -0.2) is 0 Å². The average Bonchev–Trinajstić information content (AvgIpc) is 2.26. The zero-order chi connectivity index (χ0) is 15.3. The minimum Gasteiger partial charge on any atom is -0.466 e. The molecule has 0 bridgehead atoms. The Hall–Kier alpha value is -1.47. The third-order valence-corrected chi connectivity index (χ3v) is 2.63. The number of esters is 1. The van der Waals surface area contributed by atoms with Gasteiger partial charge in [-0.05, 0) is 19.1 Å². The minimum absolute atomic E-state index is 0.0106. The Morgan fingerprint density at radius 1 is 1.45 bits per heavy atom. The van der Waals surface area contributed by atoms with Gasteiger partial charge in [-0.15, -0.1) is 13.2 Å². The van der Waals surface area contributed by atoms with Crippen molar-refractivity contribution in [2.75, 3.05) is 6.61 Å². The third kappa shape index (κ3) is 4.90. The van der Waals surface area contributed by atoms with Crippen LogP contribution < -0.4 is 10.5 Å². The summed E-state index contributed by atoms with van der Waals surface area (Å²) in [6.07, 6.45) is -5.17. The third-order valence-electron chi connectivity index (χ3n) is 2.30. The van der Waals surface area contributed by atoms with Crippen molar-refractivity contribution in [2.45, 2.75) is 25.7 Å². The maximum Gasteiger partial charge on any atom is 0.573 e. The van der Waals surface area contributed by atoms with Gasteiger partial charge in [0.25, 0.3) is 0 Å². The second kappa shape index (κ2) is 6.81. The van der Waals surface area contributed by atoms with E-state index in [9.17, 15) is 18.0 Å². The van der Waals surface area contributed by atoms with E-state index in [1.807, 2.05) is 0 Å². The van der Waals surface area contributed by atoms with Crippen LogP contribution in [0, 0.1) is 0 Å². The fourth-order valence-corrected chi connectivity index (χ4v) is 1.90. The first-order valence-electron chi connectivity index (χ1n) is 5.70. The number of benzene rings is 1. The highest BCUT2D eigenvalue weighted by Crippen LogP contribution is 2.35. The van der Waals surface area contributed by atoms with Gasteiger partial charge in [0.05, 0.1) is 13.0 Å². The molecule has 0 unspecified atom stereocenters. The molecule has 2 N–H and O–H groups in total. The van der Waals surface area contributed by atoms with Crippen molar-refractivity contribution < 1.29 is 27.4 Å². The lowest BCUT2D eigenvalue weighted by molar-refractivity contribution is -0.274. The van der Waals surface area contributed by atoms with E-state index in [-0.39, 0.29) is 23.6 Å². The maximum atomic E-state index is 12.3. The van der Waals surface area contributed by atoms with Gasteiger partial charge in [0.1, 0.15) is 5.75 Å². The molecule has 0 aliphatic carbocycles. The van der Waals surface area contributed by atoms with Gasteiger partial charge < -0.3 is 15.2 Å². The molecule has 0 amide bonds. The van der Waals surface area contributed by atoms with E-state index in [4.69, 9.17) is 17.3 Å². The Kier molecular flexibility index (Phi) is 5.64. The summed E-state index contributed by atoms with van der Waals surface area (Å²) in [5.74, 6) is -1.15. The van der Waals surface area contributed by atoms with Gasteiger partial charge in [0, 0.05) is 16.6 Å². The molecule has 112 valence electrons. The van der Waals surface area contributed by atoms with Gasteiger partial charge in [-0.3, -0.25) is 4.79 Å². The van der Waals surface area contributed by atoms with Gasteiger partial charge in [0.15, 0.2) is 0 Å². The van der Waals surface area contributed by atoms with Crippen LogP contribution in [0.1, 0.15) is 24.9 Å². The van der Waals surface area contributed by atoms with Crippen molar-refractivity contribution in [1.82, 2.24) is 0 Å². The summed E-state index contributed by atoms with van der Waals surface area (Å²) in [6, 6.07) is 2.69. The summed E-state index contributed by atoms with van der Waals surface area (Å²) in [5, 5.41) is -0.0106. The smallest absolute Gasteiger partial charge is 0.466 e. The maximum absolute atomic E-state index is 12.3. The number of alkyl halides is 3. The van der Waals surface area contributed by atoms with Gasteiger partial charge in [-0.1, -0.05) is 17.7 Å². The van der Waals surface area contributed by atoms with E-state index < -0.39 is 24.1 Å². The molecule has 0 heterocycles. The number of rotatable bonds is 5. The molecule has 8 heteroatoms. The fraction of sp³-hybridized carbons (Fsp3) is 0.417. The Labute approximate surface area is 118 Å². The SMILES string of the molecule is CCOC(=O)C[C@@H](N)c1c(Cl)cccc1OC(F)(F)F. The predicted octanol–water partition coefficient (Wildman–Crippen LogP) is 3.19. The zero-order valence-electron chi connectivity index (χ0n) is 10.5. The molecule has 0 saturated carbocycles. The monoisotopic (exact) mass is 311 g/mol. The first-order valence-corrected chi connectivity index (χ1v) is 6.07. The van der Waals surface area contributed by atoms with Gasteiger partial charge in [0.2, 0.25) is 0 Å². The van der Waals surface area contributed by atoms with E-state index in [1.54, 1.807) is 6.92 Å². The molecule has 0 fully saturated rings. The van der Waals surface area contributed by atoms with Gasteiger partial charge >= 0.3 is 12.3 Å². The van der Waals surface area contributed by atoms with Crippen LogP contribution in [0.3, 0.4) is 0 Å². The van der Waals surface area contributed by atoms with E-state index in [0.717, 1.165) is 6.07 Å². The lowest BCUT2D eigenvalue weighted by Gasteiger charge is -2.18. The van der Waals surface area contributed by atoms with Crippen LogP contribution in [0.4, 0.5) is 13.2 Å². The molecule has 0 saturated heterocycles. The van der Waals surface area contributed by atoms with Crippen molar-refractivity contribution in [3.05, 3.63) is 28.8 Å². The number of nitrogens with two attached hydrogens (primary N) is 1. The van der Waals surface area contributed by atoms with Crippen molar-refractivity contribution >= 4 is 17.6 Å². The number of ether oxygens (including phenoxy) is 2. The fourth-order valence-electron chi connectivity index (χ4n) is 1.59. The van der Waals surface area contributed by atoms with Crippen LogP contribution >= 0.6 is 11.6 Å². The van der Waals surface area contributed by atoms with Crippen molar-refractivity contribution in [1.29, 1.82) is 0 Å². The molecule has 20 heavy (non-hydrogen) atoms. The molecule has 1 aromatic rings. The zero-order valence-corrected chi connectivity index (χ0v) is 11.3. The minimum atomic E-state index is -4.87. The Bertz CT molecular complexity index is 480. The number of hydrogen-bond donors (Lipinski definition) is 1. The normalized spacial score (nSPS) is 12.9. The van der Waals surface area contributed by atoms with Crippen LogP contribution in [-0.4, -0.2) is 18.9 Å². The lowest BCUT2D eigenvalue weighted by atomic mass is 10.0. The molecule has 1 atom stereocenters. The Balaban J connectivity index is 3.00. The number of hydrogen-bond acceptors (Lipinski definition) is 4. The van der Waals surface area contributed by atoms with Crippen LogP contribution in [0.15, 0.2) is 18.2 Å². The highest BCUT2D eigenvalue weighted by atomic mass is 35.5. The summed E-state index contributed by atoms with van der Waals surface area (Å²) in [5.41, 5.74) is 5.63. The first-order chi connectivity index (χ1) is 9.24. The first kappa shape index (κ1) is 16.6. The molecular weight excluding hydrogens is 299 g/mol. The highest BCUT2D eigenvalue weighted by molar-refractivity contribution is 6.31. The standard InChI is InChI=1S/C12H13ClF3NO3/c1-2-19-10(18)6-8(17)11-7(13)4-3-5-9(11)20-12(14,15)16/h3-5,8H,2,6,17H2,1H3/t8-/m1/s1. The molecule has 0 aromatic heterocycles. The van der Waals surface area contributed by atoms with Crippen molar-refractivity contribution in [3.63, 3.8) is 0 Å². The van der Waals surface area contributed by atoms with Crippen LogP contribution in [0.5, 0.6) is 5.75 Å². The van der Waals surface area contributed by atoms with Crippen molar-refractivity contribution in [3.8, 4) is 5.75 Å². The molecule has 1 aromatic carbocycles. The predicted molar refractivity (Wildman–Crippen MR) is 66.3 cm³/mol. The van der Waals surface area contributed by atoms with Crippen LogP contribution in [0.25, 0.3) is 0 Å². The number of halogens is 4. The van der Waals surface area contributed by atoms with E-state index >= 15 is 0 Å². The Morgan fingerprint density at radius 3 is 2.65 bits per heavy atom. The molecule has 0 aliphatic heterocycles. The topological polar surface area (TPSA) is 61.5 Å². The van der Waals surface area contributed by atoms with Crippen LogP contribution in [-0.2, 0) is 9.53 Å². The number of carbonyl (C=O) groups excluding carboxylic acids is 1. The van der Waals surface area contributed by atoms with Crippen LogP contribution in [0.2, 0.25) is 5.02 Å². The molecular formula is C12H13ClF3NO3. The molecule has 0 aliphatic rings. The van der Waals surface area contributed by atoms with E-state index in [0.29, 0.717) is 0 Å². The number of carbonyl (C=O) groups is 1. The Morgan fingerprint density at radius 2 is 2.10 bits per heavy atom. The van der Waals surface area contributed by atoms with E-state index in [1.165, 1.54) is 12.1 Å². The summed E-state index contributed by atoms with van der Waals surface area (Å²) in [6.45, 7) is 1.76. The van der Waals surface area contributed by atoms with Gasteiger partial charge in [-0.2, -0.15) is 0 Å². The van der Waals surface area contributed by atoms with E-state index in [2.05, 4.69) is 9.47 Å². The summed E-state index contributed by atoms with van der Waals surface area (Å²) in [4.78, 5) is 11.3. The molecule has 4 nitrogen and oxygen atoms in total. The quantitative estimate of drug-likeness (QED) is 0.848. The molecule has 0 radical (unpaired) electrons. The second-order valence-corrected chi connectivity index (χ2v) is 4.22. The second-order valence-electron chi connectivity index (χ2n) is 3.82. The summed E-state index contributed by atoms with van der Waals surface area (Å²) < 4.78 is 45.5. The lowest BCUT2D eigenvalue weighted by Crippen LogP contribution is -2.22. The summed E-state index contributed by atoms with van der Waals surface area (Å²) in [7, 11) is 0. The summed E-state index contributed by atoms with van der Waals surface area (Å²) >= 11 is 5.83. The highest BCUT2D eigenvalue weighted by Gasteiger charge is 2.33. The molecule has 1 rings (SSSR count). The largest absolute Gasteiger partial charge is 0.573 e. The van der Waals surface area contributed by atoms with Crippen molar-refractivity contribution in [2.24, 2.45) is 5.73 Å². The average molecular weight is 312 g/mol. The molecule has 0 spiro atoms.